The van der Waals surface area contributed by atoms with E-state index in [1.54, 1.807) is 0 Å². The summed E-state index contributed by atoms with van der Waals surface area (Å²) in [5.41, 5.74) is 0.805. The zero-order valence-electron chi connectivity index (χ0n) is 50.8. The van der Waals surface area contributed by atoms with Gasteiger partial charge < -0.3 is 0 Å². The largest absolute Gasteiger partial charge is 0.136 e. The van der Waals surface area contributed by atoms with Crippen LogP contribution in [-0.2, 0) is 0 Å². The fourth-order valence-corrected chi connectivity index (χ4v) is 29.5. The van der Waals surface area contributed by atoms with Crippen molar-refractivity contribution in [2.75, 3.05) is 12.3 Å². The zero-order valence-corrected chi connectivity index (χ0v) is 54.4. The molecule has 0 amide bonds. The second kappa shape index (κ2) is 31.7. The number of allylic oxidation sites excluding steroid dienone is 1. The average Bonchev–Trinajstić information content (AvgIpc) is 1.79. The van der Waals surface area contributed by atoms with Gasteiger partial charge in [0.2, 0.25) is 0 Å². The molecule has 13 rings (SSSR count). The van der Waals surface area contributed by atoms with Crippen LogP contribution in [0.4, 0.5) is 0 Å². The van der Waals surface area contributed by atoms with Gasteiger partial charge in [0, 0.05) is 0 Å². The topological polar surface area (TPSA) is 0 Å². The molecule has 1 aliphatic carbocycles. The molecular formula is C84H82P4+4. The lowest BCUT2D eigenvalue weighted by molar-refractivity contribution is 0.891. The fraction of sp³-hybridized carbons (Fsp3) is 0.0952. The summed E-state index contributed by atoms with van der Waals surface area (Å²) in [7, 11) is -6.53. The van der Waals surface area contributed by atoms with Crippen molar-refractivity contribution >= 4 is 92.7 Å². The van der Waals surface area contributed by atoms with E-state index >= 15 is 0 Å². The van der Waals surface area contributed by atoms with E-state index in [9.17, 15) is 0 Å². The Balaban J connectivity index is 0.000000130. The van der Waals surface area contributed by atoms with Gasteiger partial charge in [-0.15, -0.1) is 0 Å². The lowest BCUT2D eigenvalue weighted by Crippen LogP contribution is -2.34. The van der Waals surface area contributed by atoms with Crippen molar-refractivity contribution in [3.63, 3.8) is 0 Å². The second-order valence-corrected chi connectivity index (χ2v) is 36.3. The smallest absolute Gasteiger partial charge is 0.0995 e. The first-order valence-electron chi connectivity index (χ1n) is 31.0. The molecule has 12 aromatic rings. The zero-order chi connectivity index (χ0) is 60.6. The maximum Gasteiger partial charge on any atom is 0.136 e. The number of rotatable bonds is 19. The lowest BCUT2D eigenvalue weighted by Gasteiger charge is -2.27. The predicted molar refractivity (Wildman–Crippen MR) is 399 cm³/mol. The molecule has 4 heteroatoms. The summed E-state index contributed by atoms with van der Waals surface area (Å²) in [4.78, 5) is 0. The van der Waals surface area contributed by atoms with E-state index in [-0.39, 0.29) is 0 Å². The molecule has 0 nitrogen and oxygen atoms in total. The third-order valence-corrected chi connectivity index (χ3v) is 34.5. The first-order chi connectivity index (χ1) is 43.5. The molecule has 1 aliphatic rings. The van der Waals surface area contributed by atoms with Gasteiger partial charge in [-0.05, 0) is 165 Å². The highest BCUT2D eigenvalue weighted by Gasteiger charge is 2.57. The molecule has 0 N–H and O–H groups in total. The number of benzene rings is 12. The van der Waals surface area contributed by atoms with E-state index in [0.717, 1.165) is 11.8 Å². The Morgan fingerprint density at radius 2 is 0.489 bits per heavy atom. The van der Waals surface area contributed by atoms with Gasteiger partial charge in [-0.2, -0.15) is 0 Å². The van der Waals surface area contributed by atoms with Gasteiger partial charge in [0.05, 0.1) is 23.8 Å². The van der Waals surface area contributed by atoms with Gasteiger partial charge in [0.25, 0.3) is 0 Å². The first kappa shape index (κ1) is 62.9. The summed E-state index contributed by atoms with van der Waals surface area (Å²) in [5, 5.41) is 17.3. The summed E-state index contributed by atoms with van der Waals surface area (Å²) in [6.07, 6.45) is 9.48. The fourth-order valence-electron chi connectivity index (χ4n) is 12.6. The minimum atomic E-state index is -1.77. The van der Waals surface area contributed by atoms with E-state index in [1.807, 2.05) is 0 Å². The molecule has 0 spiro atoms. The van der Waals surface area contributed by atoms with Crippen LogP contribution in [0.5, 0.6) is 0 Å². The second-order valence-electron chi connectivity index (χ2n) is 22.1. The number of unbranched alkanes of at least 4 members (excludes halogenated alkanes) is 1. The Kier molecular flexibility index (Phi) is 22.6. The summed E-state index contributed by atoms with van der Waals surface area (Å²) < 4.78 is 0. The number of hydrogen-bond donors (Lipinski definition) is 0. The average molecular weight is 1220 g/mol. The maximum atomic E-state index is 4.21. The Morgan fingerprint density at radius 3 is 0.682 bits per heavy atom. The van der Waals surface area contributed by atoms with Crippen molar-refractivity contribution in [1.82, 2.24) is 0 Å². The number of hydrogen-bond acceptors (Lipinski definition) is 0. The molecule has 1 fully saturated rings. The van der Waals surface area contributed by atoms with E-state index in [1.165, 1.54) is 95.5 Å². The molecule has 0 heterocycles. The van der Waals surface area contributed by atoms with Gasteiger partial charge in [-0.25, -0.2) is 0 Å². The highest BCUT2D eigenvalue weighted by molar-refractivity contribution is 7.98. The summed E-state index contributed by atoms with van der Waals surface area (Å²) in [5.74, 6) is 2.16. The van der Waals surface area contributed by atoms with Crippen molar-refractivity contribution in [3.8, 4) is 0 Å². The van der Waals surface area contributed by atoms with Gasteiger partial charge >= 0.3 is 0 Å². The lowest BCUT2D eigenvalue weighted by atomic mass is 10.3. The van der Waals surface area contributed by atoms with E-state index < -0.39 is 29.0 Å². The Morgan fingerprint density at radius 1 is 0.284 bits per heavy atom. The maximum absolute atomic E-state index is 4.21. The van der Waals surface area contributed by atoms with Gasteiger partial charge in [0.1, 0.15) is 92.7 Å². The monoisotopic (exact) mass is 1210 g/mol. The molecule has 0 aliphatic heterocycles. The van der Waals surface area contributed by atoms with Crippen LogP contribution < -0.4 is 63.7 Å². The Bertz CT molecular complexity index is 3520. The van der Waals surface area contributed by atoms with Crippen LogP contribution in [0.25, 0.3) is 0 Å². The van der Waals surface area contributed by atoms with E-state index in [2.05, 4.69) is 396 Å². The minimum Gasteiger partial charge on any atom is -0.0995 e. The molecular weight excluding hydrogens is 1130 g/mol. The van der Waals surface area contributed by atoms with Gasteiger partial charge in [-0.1, -0.05) is 251 Å². The third-order valence-electron chi connectivity index (χ3n) is 16.8. The molecule has 434 valence electrons. The highest BCUT2D eigenvalue weighted by Crippen LogP contribution is 2.67. The SMILES string of the molecule is C=CC[P+](c1ccccc1)(c1ccccc1)c1ccccc1.C=C[P+](c1ccccc1)(c1ccccc1)c1ccccc1.CCCC[P+](c1ccccc1)(c1ccccc1)c1ccccc1.c1ccc([P+](c2ccccc2)(c2ccccc2)C2CC2)cc1. The van der Waals surface area contributed by atoms with Crippen LogP contribution in [0.2, 0.25) is 0 Å². The van der Waals surface area contributed by atoms with Crippen LogP contribution in [0.1, 0.15) is 32.6 Å². The standard InChI is InChI=1S/C22H24P.2C21H20P.C20H18P/c1-2-3-19-23(20-13-7-4-8-14-20,21-15-9-5-10-16-21)22-17-11-6-12-18-22;1-4-10-18(11-5-1)22(21-16-17-21,19-12-6-2-7-13-19)20-14-8-3-9-15-20;1-2-18-22(19-12-6-3-7-13-19,20-14-8-4-9-15-20)21-16-10-5-11-17-21;1-2-21(18-12-6-3-7-13-18,19-14-8-4-9-15-19)20-16-10-5-11-17-20/h4-18H,2-3,19H2,1H3;1-15,21H,16-17H2;2-17H,1,18H2;2-17H,1H2/q4*+1. The molecule has 0 unspecified atom stereocenters. The quantitative estimate of drug-likeness (QED) is 0.0559. The minimum absolute atomic E-state index is 0.805. The van der Waals surface area contributed by atoms with Crippen molar-refractivity contribution in [2.24, 2.45) is 0 Å². The van der Waals surface area contributed by atoms with Crippen LogP contribution in [0, 0.1) is 0 Å². The summed E-state index contributed by atoms with van der Waals surface area (Å²) in [6, 6.07) is 132. The van der Waals surface area contributed by atoms with Crippen LogP contribution in [0.15, 0.2) is 389 Å². The van der Waals surface area contributed by atoms with Crippen LogP contribution in [0.3, 0.4) is 0 Å². The van der Waals surface area contributed by atoms with Crippen molar-refractivity contribution in [3.05, 3.63) is 389 Å². The molecule has 0 saturated heterocycles. The molecule has 0 atom stereocenters. The van der Waals surface area contributed by atoms with E-state index in [4.69, 9.17) is 0 Å². The van der Waals surface area contributed by atoms with Gasteiger partial charge in [-0.3, -0.25) is 0 Å². The molecule has 12 aromatic carbocycles. The molecule has 0 bridgehead atoms. The molecule has 88 heavy (non-hydrogen) atoms. The highest BCUT2D eigenvalue weighted by atomic mass is 31.2. The molecule has 0 radical (unpaired) electrons. The van der Waals surface area contributed by atoms with E-state index in [0.29, 0.717) is 0 Å². The summed E-state index contributed by atoms with van der Waals surface area (Å²) in [6.45, 7) is 10.5. The third kappa shape index (κ3) is 14.1. The van der Waals surface area contributed by atoms with Crippen LogP contribution >= 0.6 is 29.0 Å². The van der Waals surface area contributed by atoms with Gasteiger partial charge in [0.15, 0.2) is 0 Å². The molecule has 0 aromatic heterocycles. The van der Waals surface area contributed by atoms with Crippen molar-refractivity contribution < 1.29 is 0 Å². The van der Waals surface area contributed by atoms with Crippen molar-refractivity contribution in [1.29, 1.82) is 0 Å². The molecule has 1 saturated carbocycles. The Labute approximate surface area is 528 Å². The van der Waals surface area contributed by atoms with Crippen molar-refractivity contribution in [2.45, 2.75) is 38.3 Å². The summed E-state index contributed by atoms with van der Waals surface area (Å²) >= 11 is 0. The predicted octanol–water partition coefficient (Wildman–Crippen LogP) is 17.2. The van der Waals surface area contributed by atoms with Crippen LogP contribution in [-0.4, -0.2) is 18.0 Å². The first-order valence-corrected chi connectivity index (χ1v) is 38.7. The Hall–Kier alpha value is -8.16. The normalized spacial score (nSPS) is 12.1.